The molecule has 0 N–H and O–H groups in total. The van der Waals surface area contributed by atoms with Crippen LogP contribution in [0.15, 0.2) is 249 Å². The molecule has 2 heteroatoms. The van der Waals surface area contributed by atoms with Gasteiger partial charge in [0.1, 0.15) is 0 Å². The zero-order valence-corrected chi connectivity index (χ0v) is 40.1. The van der Waals surface area contributed by atoms with Crippen LogP contribution in [0.25, 0.3) is 86.9 Å². The first-order chi connectivity index (χ1) is 34.5. The van der Waals surface area contributed by atoms with Gasteiger partial charge in [-0.05, 0) is 153 Å². The first-order valence-electron chi connectivity index (χ1n) is 24.5. The third-order valence-corrected chi connectivity index (χ3v) is 20.2. The highest BCUT2D eigenvalue weighted by molar-refractivity contribution is 7.22. The van der Waals surface area contributed by atoms with Gasteiger partial charge >= 0.3 is 0 Å². The Bertz CT molecular complexity index is 4090. The summed E-state index contributed by atoms with van der Waals surface area (Å²) in [5.74, 6) is 0. The Morgan fingerprint density at radius 3 is 1.24 bits per heavy atom. The maximum atomic E-state index is 2.62. The molecule has 0 unspecified atom stereocenters. The van der Waals surface area contributed by atoms with E-state index in [-0.39, 0.29) is 0 Å². The van der Waals surface area contributed by atoms with E-state index in [2.05, 4.69) is 267 Å². The smallest absolute Gasteiger partial charge is 0.180 e. The summed E-state index contributed by atoms with van der Waals surface area (Å²) in [6.45, 7) is 4.32. The molecule has 13 aromatic rings. The lowest BCUT2D eigenvalue weighted by atomic mass is 9.88. The van der Waals surface area contributed by atoms with Crippen molar-refractivity contribution in [1.29, 1.82) is 0 Å². The van der Waals surface area contributed by atoms with Crippen LogP contribution in [-0.2, 0) is 0 Å². The maximum absolute atomic E-state index is 2.98. The molecule has 0 aliphatic carbocycles. The van der Waals surface area contributed by atoms with Crippen LogP contribution in [0.5, 0.6) is 0 Å². The minimum atomic E-state index is -2.98. The monoisotopic (exact) mass is 905 g/mol. The fraction of sp³-hybridized carbons (Fsp3) is 0.0294. The highest BCUT2D eigenvalue weighted by Crippen LogP contribution is 2.49. The molecular weight excluding hydrogens is 859 g/mol. The molecule has 0 saturated heterocycles. The van der Waals surface area contributed by atoms with Crippen molar-refractivity contribution in [2.24, 2.45) is 0 Å². The molecule has 0 amide bonds. The summed E-state index contributed by atoms with van der Waals surface area (Å²) in [7, 11) is -2.98. The summed E-state index contributed by atoms with van der Waals surface area (Å²) in [5, 5.41) is 20.9. The quantitative estimate of drug-likeness (QED) is 0.0913. The fourth-order valence-electron chi connectivity index (χ4n) is 12.2. The van der Waals surface area contributed by atoms with Crippen LogP contribution >= 0.6 is 0 Å². The predicted octanol–water partition coefficient (Wildman–Crippen LogP) is 15.7. The van der Waals surface area contributed by atoms with Gasteiger partial charge in [-0.25, -0.2) is 0 Å². The SMILES string of the molecule is Cc1ccc(N(c2ccc(C)cc2)c2c3ccccc3c(-c3ccc4c(c3)[Si](c3ccccc3)(c3ccccc3)c3cc5c6ccccc6c6cc7ccccc7cc6c5cc3-4)c3ccccc23)cc1. The van der Waals surface area contributed by atoms with Crippen LogP contribution in [0.4, 0.5) is 17.1 Å². The molecular formula is C68H47NSi. The number of hydrogen-bond acceptors (Lipinski definition) is 1. The van der Waals surface area contributed by atoms with Crippen LogP contribution in [0, 0.1) is 13.8 Å². The minimum Gasteiger partial charge on any atom is -0.309 e. The van der Waals surface area contributed by atoms with Crippen molar-refractivity contribution in [2.75, 3.05) is 4.90 Å². The van der Waals surface area contributed by atoms with E-state index in [1.54, 1.807) is 0 Å². The van der Waals surface area contributed by atoms with Crippen molar-refractivity contribution in [3.05, 3.63) is 260 Å². The summed E-state index contributed by atoms with van der Waals surface area (Å²) in [6, 6.07) is 94.5. The average Bonchev–Trinajstić information content (AvgIpc) is 3.70. The zero-order valence-electron chi connectivity index (χ0n) is 39.1. The largest absolute Gasteiger partial charge is 0.309 e. The second-order valence-corrected chi connectivity index (χ2v) is 23.0. The summed E-state index contributed by atoms with van der Waals surface area (Å²) >= 11 is 0. The van der Waals surface area contributed by atoms with Gasteiger partial charge < -0.3 is 4.90 Å². The van der Waals surface area contributed by atoms with Gasteiger partial charge in [-0.2, -0.15) is 0 Å². The average molecular weight is 906 g/mol. The molecule has 0 atom stereocenters. The van der Waals surface area contributed by atoms with Gasteiger partial charge in [0.15, 0.2) is 8.07 Å². The maximum Gasteiger partial charge on any atom is 0.180 e. The van der Waals surface area contributed by atoms with Crippen molar-refractivity contribution in [3.8, 4) is 22.3 Å². The molecule has 1 nitrogen and oxygen atoms in total. The molecule has 1 aliphatic rings. The Balaban J connectivity index is 1.09. The van der Waals surface area contributed by atoms with Gasteiger partial charge in [0, 0.05) is 22.1 Å². The lowest BCUT2D eigenvalue weighted by molar-refractivity contribution is 1.29. The van der Waals surface area contributed by atoms with Crippen molar-refractivity contribution >= 4 is 111 Å². The summed E-state index contributed by atoms with van der Waals surface area (Å²) < 4.78 is 0. The van der Waals surface area contributed by atoms with Crippen LogP contribution in [0.3, 0.4) is 0 Å². The first-order valence-corrected chi connectivity index (χ1v) is 26.5. The number of aryl methyl sites for hydroxylation is 2. The molecule has 0 spiro atoms. The van der Waals surface area contributed by atoms with E-state index in [0.717, 1.165) is 11.4 Å². The van der Waals surface area contributed by atoms with E-state index in [4.69, 9.17) is 0 Å². The highest BCUT2D eigenvalue weighted by Gasteiger charge is 2.49. The lowest BCUT2D eigenvalue weighted by Gasteiger charge is -2.32. The molecule has 13 aromatic carbocycles. The van der Waals surface area contributed by atoms with Gasteiger partial charge in [0.2, 0.25) is 0 Å². The van der Waals surface area contributed by atoms with Gasteiger partial charge in [-0.15, -0.1) is 0 Å². The van der Waals surface area contributed by atoms with Crippen molar-refractivity contribution < 1.29 is 0 Å². The van der Waals surface area contributed by atoms with Gasteiger partial charge in [-0.1, -0.05) is 217 Å². The van der Waals surface area contributed by atoms with E-state index < -0.39 is 8.07 Å². The van der Waals surface area contributed by atoms with Gasteiger partial charge in [-0.3, -0.25) is 0 Å². The molecule has 1 heterocycles. The second-order valence-electron chi connectivity index (χ2n) is 19.3. The van der Waals surface area contributed by atoms with Gasteiger partial charge in [0.05, 0.1) is 5.69 Å². The number of nitrogens with zero attached hydrogens (tertiary/aromatic N) is 1. The van der Waals surface area contributed by atoms with E-state index >= 15 is 0 Å². The Labute approximate surface area is 409 Å². The Morgan fingerprint density at radius 2 is 0.714 bits per heavy atom. The number of rotatable bonds is 6. The molecule has 0 bridgehead atoms. The zero-order chi connectivity index (χ0) is 46.5. The minimum absolute atomic E-state index is 1.13. The number of fused-ring (bicyclic) bond motifs is 12. The normalized spacial score (nSPS) is 12.8. The van der Waals surface area contributed by atoms with Crippen molar-refractivity contribution in [1.82, 2.24) is 0 Å². The lowest BCUT2D eigenvalue weighted by Crippen LogP contribution is -2.72. The fourth-order valence-corrected chi connectivity index (χ4v) is 17.4. The number of anilines is 3. The molecule has 0 radical (unpaired) electrons. The highest BCUT2D eigenvalue weighted by atomic mass is 28.3. The van der Waals surface area contributed by atoms with Crippen molar-refractivity contribution in [3.63, 3.8) is 0 Å². The van der Waals surface area contributed by atoms with Crippen LogP contribution in [0.2, 0.25) is 0 Å². The topological polar surface area (TPSA) is 3.24 Å². The first kappa shape index (κ1) is 40.5. The van der Waals surface area contributed by atoms with E-state index in [1.165, 1.54) is 124 Å². The summed E-state index contributed by atoms with van der Waals surface area (Å²) in [5.41, 5.74) is 11.1. The van der Waals surface area contributed by atoms with Crippen molar-refractivity contribution in [2.45, 2.75) is 13.8 Å². The summed E-state index contributed by atoms with van der Waals surface area (Å²) in [4.78, 5) is 2.47. The van der Waals surface area contributed by atoms with Gasteiger partial charge in [0.25, 0.3) is 0 Å². The molecule has 0 fully saturated rings. The van der Waals surface area contributed by atoms with E-state index in [9.17, 15) is 0 Å². The van der Waals surface area contributed by atoms with Crippen LogP contribution < -0.4 is 25.6 Å². The third kappa shape index (κ3) is 5.97. The molecule has 0 saturated carbocycles. The Morgan fingerprint density at radius 1 is 0.300 bits per heavy atom. The Hall–Kier alpha value is -8.56. The molecule has 0 aromatic heterocycles. The van der Waals surface area contributed by atoms with Crippen LogP contribution in [0.1, 0.15) is 11.1 Å². The summed E-state index contributed by atoms with van der Waals surface area (Å²) in [6.07, 6.45) is 0. The van der Waals surface area contributed by atoms with E-state index in [1.807, 2.05) is 0 Å². The standard InChI is InChI=1S/C68H47NSi/c1-44-29-34-49(35-30-44)69(50-36-31-45(2)32-37-50)68-58-27-15-13-25-56(58)67(57-26-14-16-28-59(57)68)48-33-38-55-64-42-62-61-40-47-18-10-9-17-46(47)39-60(61)53-23-11-12-24-54(53)63(62)43-66(64)70(65(55)41-48,51-19-5-3-6-20-51)52-21-7-4-8-22-52/h3-43H,1-2H3. The predicted molar refractivity (Wildman–Crippen MR) is 304 cm³/mol. The molecule has 328 valence electrons. The number of benzene rings is 13. The second kappa shape index (κ2) is 15.7. The third-order valence-electron chi connectivity index (χ3n) is 15.4. The number of hydrogen-bond donors (Lipinski definition) is 0. The Kier molecular flexibility index (Phi) is 9.11. The molecule has 14 rings (SSSR count). The van der Waals surface area contributed by atoms with Crippen LogP contribution in [-0.4, -0.2) is 8.07 Å². The molecule has 1 aliphatic heterocycles. The molecule has 70 heavy (non-hydrogen) atoms. The van der Waals surface area contributed by atoms with E-state index in [0.29, 0.717) is 0 Å².